The summed E-state index contributed by atoms with van der Waals surface area (Å²) in [6.07, 6.45) is -0.00309. The molecule has 0 fully saturated rings. The third kappa shape index (κ3) is 2.38. The van der Waals surface area contributed by atoms with Gasteiger partial charge in [-0.1, -0.05) is 0 Å². The lowest BCUT2D eigenvalue weighted by Crippen LogP contribution is -2.06. The molecule has 0 N–H and O–H groups in total. The Balaban J connectivity index is 2.75. The predicted molar refractivity (Wildman–Crippen MR) is 27.5 cm³/mol. The van der Waals surface area contributed by atoms with Crippen LogP contribution in [0.15, 0.2) is 0 Å². The molecule has 0 radical (unpaired) electrons. The van der Waals surface area contributed by atoms with Gasteiger partial charge < -0.3 is 9.16 Å². The molecule has 2 nitrogen and oxygen atoms in total. The predicted octanol–water partition coefficient (Wildman–Crippen LogP) is -0.724. The maximum absolute atomic E-state index is 4.82. The lowest BCUT2D eigenvalue weighted by molar-refractivity contribution is -0.0334. The Hall–Kier alpha value is 0.137. The van der Waals surface area contributed by atoms with Gasteiger partial charge in [-0.2, -0.15) is 0 Å². The van der Waals surface area contributed by atoms with Crippen LogP contribution < -0.4 is 0 Å². The van der Waals surface area contributed by atoms with Gasteiger partial charge in [0.05, 0.1) is 0 Å². The molecule has 6 heavy (non-hydrogen) atoms. The number of methoxy groups -OCH3 is 1. The standard InChI is InChI=1S/C3H10O2Si/c1-3(4-2)5-6/h3H,1-2,6H3. The van der Waals surface area contributed by atoms with Crippen molar-refractivity contribution in [2.24, 2.45) is 0 Å². The van der Waals surface area contributed by atoms with Crippen LogP contribution in [0.2, 0.25) is 0 Å². The molecular formula is C3H10O2Si. The van der Waals surface area contributed by atoms with Crippen molar-refractivity contribution >= 4 is 10.5 Å². The second kappa shape index (κ2) is 3.33. The molecule has 0 saturated carbocycles. The van der Waals surface area contributed by atoms with Crippen LogP contribution in [-0.4, -0.2) is 23.9 Å². The van der Waals surface area contributed by atoms with Gasteiger partial charge in [-0.15, -0.1) is 0 Å². The molecule has 0 aliphatic rings. The molecule has 0 saturated heterocycles. The molecule has 0 aromatic rings. The van der Waals surface area contributed by atoms with Crippen LogP contribution in [0.25, 0.3) is 0 Å². The summed E-state index contributed by atoms with van der Waals surface area (Å²) < 4.78 is 9.53. The van der Waals surface area contributed by atoms with E-state index in [0.29, 0.717) is 0 Å². The molecule has 1 unspecified atom stereocenters. The van der Waals surface area contributed by atoms with E-state index in [2.05, 4.69) is 0 Å². The maximum Gasteiger partial charge on any atom is 0.149 e. The molecule has 0 rings (SSSR count). The molecule has 0 aliphatic carbocycles. The Morgan fingerprint density at radius 2 is 2.17 bits per heavy atom. The SMILES string of the molecule is COC(C)O[SiH3]. The lowest BCUT2D eigenvalue weighted by atomic mass is 10.8. The van der Waals surface area contributed by atoms with Gasteiger partial charge in [-0.25, -0.2) is 0 Å². The summed E-state index contributed by atoms with van der Waals surface area (Å²) in [5.41, 5.74) is 0. The Morgan fingerprint density at radius 1 is 1.67 bits per heavy atom. The minimum Gasteiger partial charge on any atom is -0.404 e. The largest absolute Gasteiger partial charge is 0.404 e. The van der Waals surface area contributed by atoms with Crippen molar-refractivity contribution in [3.05, 3.63) is 0 Å². The highest BCUT2D eigenvalue weighted by Crippen LogP contribution is 1.82. The van der Waals surface area contributed by atoms with E-state index in [4.69, 9.17) is 9.16 Å². The van der Waals surface area contributed by atoms with E-state index >= 15 is 0 Å². The van der Waals surface area contributed by atoms with Gasteiger partial charge in [0, 0.05) is 7.11 Å². The summed E-state index contributed by atoms with van der Waals surface area (Å²) in [5, 5.41) is 0. The fourth-order valence-electron chi connectivity index (χ4n) is 0.0962. The quantitative estimate of drug-likeness (QED) is 0.341. The molecule has 0 aliphatic heterocycles. The summed E-state index contributed by atoms with van der Waals surface area (Å²) in [6.45, 7) is 1.87. The second-order valence-corrected chi connectivity index (χ2v) is 1.51. The minimum atomic E-state index is -0.00309. The third-order valence-electron chi connectivity index (χ3n) is 0.664. The van der Waals surface area contributed by atoms with Gasteiger partial charge in [0.2, 0.25) is 0 Å². The Labute approximate surface area is 41.0 Å². The summed E-state index contributed by atoms with van der Waals surface area (Å²) in [7, 11) is 2.39. The highest BCUT2D eigenvalue weighted by molar-refractivity contribution is 5.98. The van der Waals surface area contributed by atoms with Crippen LogP contribution in [0.3, 0.4) is 0 Å². The zero-order valence-electron chi connectivity index (χ0n) is 4.39. The molecule has 0 aromatic heterocycles. The molecule has 1 atom stereocenters. The topological polar surface area (TPSA) is 18.5 Å². The summed E-state index contributed by atoms with van der Waals surface area (Å²) in [6, 6.07) is 0. The second-order valence-electron chi connectivity index (χ2n) is 1.04. The van der Waals surface area contributed by atoms with Gasteiger partial charge >= 0.3 is 0 Å². The van der Waals surface area contributed by atoms with Crippen LogP contribution in [0, 0.1) is 0 Å². The van der Waals surface area contributed by atoms with Crippen LogP contribution in [0.1, 0.15) is 6.92 Å². The normalized spacial score (nSPS) is 15.0. The Bertz CT molecular complexity index is 28.0. The monoisotopic (exact) mass is 106 g/mol. The van der Waals surface area contributed by atoms with E-state index in [-0.39, 0.29) is 6.29 Å². The van der Waals surface area contributed by atoms with Gasteiger partial charge in [0.1, 0.15) is 16.8 Å². The zero-order valence-corrected chi connectivity index (χ0v) is 6.39. The maximum atomic E-state index is 4.82. The van der Waals surface area contributed by atoms with Gasteiger partial charge in [0.15, 0.2) is 0 Å². The van der Waals surface area contributed by atoms with E-state index in [1.54, 1.807) is 7.11 Å². The first-order valence-corrected chi connectivity index (χ1v) is 2.68. The average Bonchev–Trinajstić information content (AvgIpc) is 1.65. The summed E-state index contributed by atoms with van der Waals surface area (Å²) in [4.78, 5) is 0. The van der Waals surface area contributed by atoms with Crippen molar-refractivity contribution in [3.8, 4) is 0 Å². The van der Waals surface area contributed by atoms with E-state index in [9.17, 15) is 0 Å². The van der Waals surface area contributed by atoms with E-state index in [1.165, 1.54) is 0 Å². The van der Waals surface area contributed by atoms with Gasteiger partial charge in [0.25, 0.3) is 0 Å². The van der Waals surface area contributed by atoms with Crippen molar-refractivity contribution in [2.75, 3.05) is 7.11 Å². The van der Waals surface area contributed by atoms with Crippen molar-refractivity contribution < 1.29 is 9.16 Å². The lowest BCUT2D eigenvalue weighted by Gasteiger charge is -2.04. The summed E-state index contributed by atoms with van der Waals surface area (Å²) in [5.74, 6) is 0. The number of ether oxygens (including phenoxy) is 1. The van der Waals surface area contributed by atoms with E-state index < -0.39 is 0 Å². The highest BCUT2D eigenvalue weighted by atomic mass is 28.2. The summed E-state index contributed by atoms with van der Waals surface area (Å²) >= 11 is 0. The van der Waals surface area contributed by atoms with Crippen molar-refractivity contribution in [1.29, 1.82) is 0 Å². The molecule has 3 heteroatoms. The van der Waals surface area contributed by atoms with Gasteiger partial charge in [-0.05, 0) is 6.92 Å². The highest BCUT2D eigenvalue weighted by Gasteiger charge is 1.87. The smallest absolute Gasteiger partial charge is 0.149 e. The molecule has 38 valence electrons. The zero-order chi connectivity index (χ0) is 4.99. The van der Waals surface area contributed by atoms with E-state index in [0.717, 1.165) is 10.5 Å². The number of hydrogen-bond donors (Lipinski definition) is 0. The molecule has 0 amide bonds. The Morgan fingerprint density at radius 3 is 2.17 bits per heavy atom. The molecule has 0 aromatic carbocycles. The molecule has 0 spiro atoms. The first kappa shape index (κ1) is 6.14. The fourth-order valence-corrected chi connectivity index (χ4v) is 0.289. The fraction of sp³-hybridized carbons (Fsp3) is 1.00. The van der Waals surface area contributed by atoms with Crippen LogP contribution >= 0.6 is 0 Å². The first-order valence-electron chi connectivity index (χ1n) is 1.87. The van der Waals surface area contributed by atoms with Crippen molar-refractivity contribution in [1.82, 2.24) is 0 Å². The Kier molecular flexibility index (Phi) is 3.41. The molecule has 0 bridgehead atoms. The third-order valence-corrected chi connectivity index (χ3v) is 1.33. The number of hydrogen-bond acceptors (Lipinski definition) is 2. The number of rotatable bonds is 2. The minimum absolute atomic E-state index is 0.00309. The molecule has 0 heterocycles. The van der Waals surface area contributed by atoms with Crippen molar-refractivity contribution in [3.63, 3.8) is 0 Å². The first-order chi connectivity index (χ1) is 2.81. The van der Waals surface area contributed by atoms with E-state index in [1.807, 2.05) is 6.92 Å². The molecular weight excluding hydrogens is 96.1 g/mol. The van der Waals surface area contributed by atoms with Crippen LogP contribution in [-0.2, 0) is 9.16 Å². The van der Waals surface area contributed by atoms with Crippen molar-refractivity contribution in [2.45, 2.75) is 13.2 Å². The van der Waals surface area contributed by atoms with Gasteiger partial charge in [-0.3, -0.25) is 0 Å². The van der Waals surface area contributed by atoms with Crippen LogP contribution in [0.5, 0.6) is 0 Å². The average molecular weight is 106 g/mol. The van der Waals surface area contributed by atoms with Crippen LogP contribution in [0.4, 0.5) is 0 Å².